The summed E-state index contributed by atoms with van der Waals surface area (Å²) >= 11 is 0. The molecule has 1 heterocycles. The number of aromatic nitrogens is 2. The number of rotatable bonds is 4. The van der Waals surface area contributed by atoms with Crippen molar-refractivity contribution in [3.8, 4) is 0 Å². The summed E-state index contributed by atoms with van der Waals surface area (Å²) in [5.74, 6) is 0.0794. The van der Waals surface area contributed by atoms with Gasteiger partial charge in [-0.25, -0.2) is 0 Å². The van der Waals surface area contributed by atoms with Gasteiger partial charge in [-0.15, -0.1) is 0 Å². The van der Waals surface area contributed by atoms with Gasteiger partial charge in [0.2, 0.25) is 5.91 Å². The van der Waals surface area contributed by atoms with E-state index in [0.717, 1.165) is 5.56 Å². The van der Waals surface area contributed by atoms with Crippen molar-refractivity contribution in [3.63, 3.8) is 0 Å². The number of hydrogen-bond acceptors (Lipinski definition) is 3. The Kier molecular flexibility index (Phi) is 4.06. The molecule has 90 valence electrons. The van der Waals surface area contributed by atoms with Gasteiger partial charge in [0.05, 0.1) is 12.2 Å². The molecule has 0 bridgehead atoms. The lowest BCUT2D eigenvalue weighted by Gasteiger charge is -2.21. The number of carbonyl (C=O) groups is 1. The smallest absolute Gasteiger partial charge is 0.238 e. The van der Waals surface area contributed by atoms with Gasteiger partial charge in [0.1, 0.15) is 0 Å². The summed E-state index contributed by atoms with van der Waals surface area (Å²) in [7, 11) is 5.40. The van der Waals surface area contributed by atoms with Gasteiger partial charge in [0.15, 0.2) is 0 Å². The van der Waals surface area contributed by atoms with E-state index in [1.54, 1.807) is 23.7 Å². The molecule has 1 aromatic rings. The molecule has 2 atom stereocenters. The predicted molar refractivity (Wildman–Crippen MR) is 62.9 cm³/mol. The lowest BCUT2D eigenvalue weighted by Crippen LogP contribution is -2.42. The van der Waals surface area contributed by atoms with Crippen LogP contribution in [0.5, 0.6) is 0 Å². The van der Waals surface area contributed by atoms with Crippen LogP contribution >= 0.6 is 0 Å². The SMILES string of the molecule is CC(N[C@H](C)C(=O)N(C)C)c1cnn(C)c1. The molecule has 0 aliphatic heterocycles. The van der Waals surface area contributed by atoms with E-state index in [4.69, 9.17) is 0 Å². The van der Waals surface area contributed by atoms with Crippen LogP contribution in [0.1, 0.15) is 25.5 Å². The molecule has 0 radical (unpaired) electrons. The topological polar surface area (TPSA) is 50.2 Å². The first-order valence-electron chi connectivity index (χ1n) is 5.37. The molecule has 0 aliphatic rings. The van der Waals surface area contributed by atoms with Crippen LogP contribution in [0.4, 0.5) is 0 Å². The Morgan fingerprint density at radius 3 is 2.56 bits per heavy atom. The molecule has 5 nitrogen and oxygen atoms in total. The monoisotopic (exact) mass is 224 g/mol. The van der Waals surface area contributed by atoms with Crippen molar-refractivity contribution in [1.82, 2.24) is 20.0 Å². The van der Waals surface area contributed by atoms with Gasteiger partial charge >= 0.3 is 0 Å². The maximum atomic E-state index is 11.7. The van der Waals surface area contributed by atoms with Crippen molar-refractivity contribution in [1.29, 1.82) is 0 Å². The number of likely N-dealkylation sites (N-methyl/N-ethyl adjacent to an activating group) is 1. The maximum Gasteiger partial charge on any atom is 0.238 e. The van der Waals surface area contributed by atoms with Gasteiger partial charge in [-0.1, -0.05) is 0 Å². The molecule has 1 amide bonds. The second kappa shape index (κ2) is 5.12. The van der Waals surface area contributed by atoms with Gasteiger partial charge in [0, 0.05) is 38.9 Å². The van der Waals surface area contributed by atoms with Gasteiger partial charge < -0.3 is 4.90 Å². The van der Waals surface area contributed by atoms with Crippen LogP contribution in [0.15, 0.2) is 12.4 Å². The fourth-order valence-electron chi connectivity index (χ4n) is 1.59. The Labute approximate surface area is 96.4 Å². The molecule has 0 spiro atoms. The highest BCUT2D eigenvalue weighted by molar-refractivity contribution is 5.80. The van der Waals surface area contributed by atoms with E-state index in [0.29, 0.717) is 0 Å². The van der Waals surface area contributed by atoms with Crippen LogP contribution in [-0.4, -0.2) is 40.7 Å². The molecule has 5 heteroatoms. The minimum absolute atomic E-state index is 0.0794. The Morgan fingerprint density at radius 2 is 2.12 bits per heavy atom. The summed E-state index contributed by atoms with van der Waals surface area (Å²) in [5, 5.41) is 7.35. The van der Waals surface area contributed by atoms with E-state index in [-0.39, 0.29) is 18.0 Å². The molecular formula is C11H20N4O. The van der Waals surface area contributed by atoms with Crippen LogP contribution in [0.3, 0.4) is 0 Å². The van der Waals surface area contributed by atoms with E-state index >= 15 is 0 Å². The highest BCUT2D eigenvalue weighted by atomic mass is 16.2. The molecule has 1 unspecified atom stereocenters. The zero-order valence-electron chi connectivity index (χ0n) is 10.6. The summed E-state index contributed by atoms with van der Waals surface area (Å²) in [6.45, 7) is 3.89. The van der Waals surface area contributed by atoms with Crippen molar-refractivity contribution in [2.75, 3.05) is 14.1 Å². The lowest BCUT2D eigenvalue weighted by molar-refractivity contribution is -0.130. The highest BCUT2D eigenvalue weighted by Gasteiger charge is 2.18. The summed E-state index contributed by atoms with van der Waals surface area (Å²) < 4.78 is 1.76. The number of carbonyl (C=O) groups excluding carboxylic acids is 1. The lowest BCUT2D eigenvalue weighted by atomic mass is 10.1. The molecule has 0 fully saturated rings. The summed E-state index contributed by atoms with van der Waals surface area (Å²) in [6, 6.07) is -0.0715. The van der Waals surface area contributed by atoms with Crippen molar-refractivity contribution >= 4 is 5.91 Å². The maximum absolute atomic E-state index is 11.7. The molecular weight excluding hydrogens is 204 g/mol. The summed E-state index contributed by atoms with van der Waals surface area (Å²) in [4.78, 5) is 13.2. The third kappa shape index (κ3) is 3.06. The van der Waals surface area contributed by atoms with Gasteiger partial charge in [0.25, 0.3) is 0 Å². The zero-order chi connectivity index (χ0) is 12.3. The van der Waals surface area contributed by atoms with E-state index in [1.807, 2.05) is 33.3 Å². The molecule has 0 aromatic carbocycles. The van der Waals surface area contributed by atoms with Gasteiger partial charge in [-0.3, -0.25) is 14.8 Å². The third-order valence-electron chi connectivity index (χ3n) is 2.54. The van der Waals surface area contributed by atoms with Crippen LogP contribution in [-0.2, 0) is 11.8 Å². The number of amides is 1. The molecule has 0 saturated heterocycles. The van der Waals surface area contributed by atoms with Crippen molar-refractivity contribution in [2.24, 2.45) is 7.05 Å². The number of nitrogens with zero attached hydrogens (tertiary/aromatic N) is 3. The third-order valence-corrected chi connectivity index (χ3v) is 2.54. The number of nitrogens with one attached hydrogen (secondary N) is 1. The Balaban J connectivity index is 2.58. The van der Waals surface area contributed by atoms with Crippen LogP contribution < -0.4 is 5.32 Å². The minimum atomic E-state index is -0.190. The van der Waals surface area contributed by atoms with E-state index < -0.39 is 0 Å². The first kappa shape index (κ1) is 12.7. The van der Waals surface area contributed by atoms with Crippen molar-refractivity contribution in [3.05, 3.63) is 18.0 Å². The fourth-order valence-corrected chi connectivity index (χ4v) is 1.59. The normalized spacial score (nSPS) is 14.6. The Hall–Kier alpha value is -1.36. The quantitative estimate of drug-likeness (QED) is 0.812. The average Bonchev–Trinajstić information content (AvgIpc) is 2.63. The fraction of sp³-hybridized carbons (Fsp3) is 0.636. The second-order valence-electron chi connectivity index (χ2n) is 4.29. The van der Waals surface area contributed by atoms with Gasteiger partial charge in [-0.05, 0) is 13.8 Å². The van der Waals surface area contributed by atoms with Crippen LogP contribution in [0.2, 0.25) is 0 Å². The second-order valence-corrected chi connectivity index (χ2v) is 4.29. The first-order chi connectivity index (χ1) is 7.41. The van der Waals surface area contributed by atoms with Crippen molar-refractivity contribution < 1.29 is 4.79 Å². The van der Waals surface area contributed by atoms with Gasteiger partial charge in [-0.2, -0.15) is 5.10 Å². The predicted octanol–water partition coefficient (Wildman–Crippen LogP) is 0.547. The molecule has 1 aromatic heterocycles. The number of hydrogen-bond donors (Lipinski definition) is 1. The molecule has 1 rings (SSSR count). The molecule has 0 aliphatic carbocycles. The van der Waals surface area contributed by atoms with E-state index in [9.17, 15) is 4.79 Å². The molecule has 1 N–H and O–H groups in total. The highest BCUT2D eigenvalue weighted by Crippen LogP contribution is 2.11. The Bertz CT molecular complexity index is 359. The number of aryl methyl sites for hydroxylation is 1. The Morgan fingerprint density at radius 1 is 1.50 bits per heavy atom. The minimum Gasteiger partial charge on any atom is -0.347 e. The first-order valence-corrected chi connectivity index (χ1v) is 5.37. The molecule has 16 heavy (non-hydrogen) atoms. The average molecular weight is 224 g/mol. The summed E-state index contributed by atoms with van der Waals surface area (Å²) in [6.07, 6.45) is 3.76. The largest absolute Gasteiger partial charge is 0.347 e. The van der Waals surface area contributed by atoms with Crippen molar-refractivity contribution in [2.45, 2.75) is 25.9 Å². The van der Waals surface area contributed by atoms with E-state index in [1.165, 1.54) is 0 Å². The standard InChI is InChI=1S/C11H20N4O/c1-8(10-6-12-15(5)7-10)13-9(2)11(16)14(3)4/h6-9,13H,1-5H3/t8?,9-/m1/s1. The van der Waals surface area contributed by atoms with E-state index in [2.05, 4.69) is 10.4 Å². The zero-order valence-corrected chi connectivity index (χ0v) is 10.6. The molecule has 0 saturated carbocycles. The van der Waals surface area contributed by atoms with Crippen LogP contribution in [0.25, 0.3) is 0 Å². The van der Waals surface area contributed by atoms with Crippen LogP contribution in [0, 0.1) is 0 Å². The summed E-state index contributed by atoms with van der Waals surface area (Å²) in [5.41, 5.74) is 1.08.